The number of carbonyl (C=O) groups excluding carboxylic acids is 1. The molecule has 0 saturated carbocycles. The highest BCUT2D eigenvalue weighted by molar-refractivity contribution is 5.76. The third-order valence-electron chi connectivity index (χ3n) is 5.74. The number of carbonyl (C=O) groups is 1. The number of aromatic nitrogens is 4. The van der Waals surface area contributed by atoms with Crippen LogP contribution in [0.1, 0.15) is 63.6 Å². The van der Waals surface area contributed by atoms with Crippen LogP contribution in [0.15, 0.2) is 23.8 Å². The number of allylic oxidation sites excluding steroid dienone is 1. The second-order valence-electron chi connectivity index (χ2n) is 7.83. The van der Waals surface area contributed by atoms with Crippen LogP contribution in [-0.4, -0.2) is 50.3 Å². The molecule has 1 saturated heterocycles. The van der Waals surface area contributed by atoms with Crippen molar-refractivity contribution in [2.24, 2.45) is 0 Å². The van der Waals surface area contributed by atoms with Crippen LogP contribution in [0.25, 0.3) is 5.65 Å². The van der Waals surface area contributed by atoms with Gasteiger partial charge in [-0.3, -0.25) is 4.79 Å². The molecule has 3 heterocycles. The van der Waals surface area contributed by atoms with Crippen molar-refractivity contribution in [1.29, 1.82) is 0 Å². The largest absolute Gasteiger partial charge is 0.368 e. The fourth-order valence-corrected chi connectivity index (χ4v) is 4.09. The maximum absolute atomic E-state index is 12.4. The molecule has 1 fully saturated rings. The zero-order chi connectivity index (χ0) is 19.2. The fourth-order valence-electron chi connectivity index (χ4n) is 4.09. The van der Waals surface area contributed by atoms with E-state index in [1.54, 1.807) is 10.1 Å². The monoisotopic (exact) mass is 382 g/mol. The van der Waals surface area contributed by atoms with Gasteiger partial charge in [-0.15, -0.1) is 15.3 Å². The molecule has 0 radical (unpaired) electrons. The van der Waals surface area contributed by atoms with Crippen LogP contribution in [0.2, 0.25) is 0 Å². The van der Waals surface area contributed by atoms with Gasteiger partial charge in [0.1, 0.15) is 5.82 Å². The van der Waals surface area contributed by atoms with Crippen LogP contribution >= 0.6 is 0 Å². The number of anilines is 1. The molecular weight excluding hydrogens is 352 g/mol. The highest BCUT2D eigenvalue weighted by atomic mass is 16.2. The molecule has 2 aromatic rings. The van der Waals surface area contributed by atoms with E-state index in [9.17, 15) is 4.79 Å². The minimum absolute atomic E-state index is 0.214. The first-order valence-corrected chi connectivity index (χ1v) is 10.7. The SMILES string of the molecule is O=C(CCc1nnc2ccc(NCCC3=CCCCC3)nn12)N1CCCCC1. The Morgan fingerprint density at radius 2 is 1.93 bits per heavy atom. The standard InChI is InChI=1S/C21H30N6O/c28-21(26-15-5-2-6-16-26)12-11-20-24-23-19-10-9-18(25-27(19)20)22-14-13-17-7-3-1-4-8-17/h7,9-10H,1-6,8,11-16H2,(H,22,25). The maximum atomic E-state index is 12.4. The van der Waals surface area contributed by atoms with E-state index in [0.29, 0.717) is 12.8 Å². The molecule has 4 rings (SSSR count). The van der Waals surface area contributed by atoms with Gasteiger partial charge < -0.3 is 10.2 Å². The molecule has 7 heteroatoms. The number of rotatable bonds is 7. The van der Waals surface area contributed by atoms with Crippen molar-refractivity contribution in [1.82, 2.24) is 24.7 Å². The van der Waals surface area contributed by atoms with Crippen LogP contribution in [-0.2, 0) is 11.2 Å². The van der Waals surface area contributed by atoms with E-state index >= 15 is 0 Å². The van der Waals surface area contributed by atoms with Crippen LogP contribution in [0, 0.1) is 0 Å². The lowest BCUT2D eigenvalue weighted by atomic mass is 9.97. The van der Waals surface area contributed by atoms with Gasteiger partial charge in [0.25, 0.3) is 0 Å². The number of likely N-dealkylation sites (tertiary alicyclic amines) is 1. The lowest BCUT2D eigenvalue weighted by molar-refractivity contribution is -0.132. The Balaban J connectivity index is 1.34. The predicted molar refractivity (Wildman–Crippen MR) is 109 cm³/mol. The Kier molecular flexibility index (Phi) is 6.19. The number of nitrogens with zero attached hydrogens (tertiary/aromatic N) is 5. The van der Waals surface area contributed by atoms with Crippen LogP contribution in [0.4, 0.5) is 5.82 Å². The number of hydrogen-bond donors (Lipinski definition) is 1. The van der Waals surface area contributed by atoms with Crippen molar-refractivity contribution in [2.75, 3.05) is 25.0 Å². The van der Waals surface area contributed by atoms with E-state index in [-0.39, 0.29) is 5.91 Å². The molecule has 1 aliphatic heterocycles. The summed E-state index contributed by atoms with van der Waals surface area (Å²) in [6, 6.07) is 3.88. The topological polar surface area (TPSA) is 75.4 Å². The van der Waals surface area contributed by atoms with E-state index in [4.69, 9.17) is 0 Å². The Morgan fingerprint density at radius 3 is 2.75 bits per heavy atom. The van der Waals surface area contributed by atoms with Gasteiger partial charge >= 0.3 is 0 Å². The quantitative estimate of drug-likeness (QED) is 0.743. The molecule has 0 aromatic carbocycles. The number of piperidine rings is 1. The van der Waals surface area contributed by atoms with Gasteiger partial charge in [0.05, 0.1) is 0 Å². The number of hydrogen-bond acceptors (Lipinski definition) is 5. The molecule has 7 nitrogen and oxygen atoms in total. The van der Waals surface area contributed by atoms with E-state index in [1.807, 2.05) is 17.0 Å². The summed E-state index contributed by atoms with van der Waals surface area (Å²) in [5, 5.41) is 16.5. The molecule has 1 amide bonds. The van der Waals surface area contributed by atoms with Gasteiger partial charge in [0.2, 0.25) is 5.91 Å². The number of aryl methyl sites for hydroxylation is 1. The average molecular weight is 383 g/mol. The van der Waals surface area contributed by atoms with Crippen LogP contribution < -0.4 is 5.32 Å². The molecule has 0 spiro atoms. The molecule has 28 heavy (non-hydrogen) atoms. The zero-order valence-electron chi connectivity index (χ0n) is 16.6. The van der Waals surface area contributed by atoms with Crippen molar-refractivity contribution >= 4 is 17.4 Å². The summed E-state index contributed by atoms with van der Waals surface area (Å²) in [6.45, 7) is 2.67. The molecule has 1 aliphatic carbocycles. The number of fused-ring (bicyclic) bond motifs is 1. The molecule has 0 bridgehead atoms. The molecule has 0 atom stereocenters. The average Bonchev–Trinajstić information content (AvgIpc) is 3.16. The third-order valence-corrected chi connectivity index (χ3v) is 5.74. The Labute approximate surface area is 166 Å². The number of nitrogens with one attached hydrogen (secondary N) is 1. The van der Waals surface area contributed by atoms with Crippen LogP contribution in [0.5, 0.6) is 0 Å². The molecule has 0 unspecified atom stereocenters. The summed E-state index contributed by atoms with van der Waals surface area (Å²) in [5.74, 6) is 1.79. The van der Waals surface area contributed by atoms with E-state index in [1.165, 1.54) is 32.1 Å². The summed E-state index contributed by atoms with van der Waals surface area (Å²) in [4.78, 5) is 14.4. The highest BCUT2D eigenvalue weighted by Crippen LogP contribution is 2.20. The van der Waals surface area contributed by atoms with Gasteiger partial charge in [-0.1, -0.05) is 11.6 Å². The number of amides is 1. The molecule has 1 N–H and O–H groups in total. The molecule has 2 aromatic heterocycles. The summed E-state index contributed by atoms with van der Waals surface area (Å²) < 4.78 is 1.77. The molecular formula is C21H30N6O. The summed E-state index contributed by atoms with van der Waals surface area (Å²) >= 11 is 0. The van der Waals surface area contributed by atoms with Crippen molar-refractivity contribution in [3.05, 3.63) is 29.6 Å². The normalized spacial score (nSPS) is 17.6. The minimum atomic E-state index is 0.214. The summed E-state index contributed by atoms with van der Waals surface area (Å²) in [6.07, 6.45) is 13.1. The highest BCUT2D eigenvalue weighted by Gasteiger charge is 2.17. The van der Waals surface area contributed by atoms with E-state index < -0.39 is 0 Å². The molecule has 2 aliphatic rings. The minimum Gasteiger partial charge on any atom is -0.368 e. The van der Waals surface area contributed by atoms with Gasteiger partial charge in [-0.25, -0.2) is 0 Å². The smallest absolute Gasteiger partial charge is 0.223 e. The van der Waals surface area contributed by atoms with E-state index in [2.05, 4.69) is 26.7 Å². The lowest BCUT2D eigenvalue weighted by Crippen LogP contribution is -2.35. The summed E-state index contributed by atoms with van der Waals surface area (Å²) in [5.41, 5.74) is 2.28. The Bertz CT molecular complexity index is 837. The van der Waals surface area contributed by atoms with Gasteiger partial charge in [-0.05, 0) is 63.5 Å². The Morgan fingerprint density at radius 1 is 1.04 bits per heavy atom. The fraction of sp³-hybridized carbons (Fsp3) is 0.619. The first kappa shape index (κ1) is 18.9. The van der Waals surface area contributed by atoms with Crippen molar-refractivity contribution < 1.29 is 4.79 Å². The lowest BCUT2D eigenvalue weighted by Gasteiger charge is -2.26. The first-order chi connectivity index (χ1) is 13.8. The zero-order valence-corrected chi connectivity index (χ0v) is 16.6. The predicted octanol–water partition coefficient (Wildman–Crippen LogP) is 3.37. The maximum Gasteiger partial charge on any atom is 0.223 e. The van der Waals surface area contributed by atoms with Crippen molar-refractivity contribution in [3.63, 3.8) is 0 Å². The van der Waals surface area contributed by atoms with Crippen LogP contribution in [0.3, 0.4) is 0 Å². The second kappa shape index (κ2) is 9.17. The molecule has 150 valence electrons. The first-order valence-electron chi connectivity index (χ1n) is 10.7. The van der Waals surface area contributed by atoms with Gasteiger partial charge in [0, 0.05) is 32.5 Å². The van der Waals surface area contributed by atoms with Gasteiger partial charge in [-0.2, -0.15) is 4.52 Å². The Hall–Kier alpha value is -2.44. The second-order valence-corrected chi connectivity index (χ2v) is 7.83. The summed E-state index contributed by atoms with van der Waals surface area (Å²) in [7, 11) is 0. The van der Waals surface area contributed by atoms with Crippen molar-refractivity contribution in [3.8, 4) is 0 Å². The van der Waals surface area contributed by atoms with E-state index in [0.717, 1.165) is 56.2 Å². The van der Waals surface area contributed by atoms with Gasteiger partial charge in [0.15, 0.2) is 11.5 Å². The third kappa shape index (κ3) is 4.69. The van der Waals surface area contributed by atoms with Crippen molar-refractivity contribution in [2.45, 2.75) is 64.2 Å².